The summed E-state index contributed by atoms with van der Waals surface area (Å²) in [5.41, 5.74) is 2.38. The second kappa shape index (κ2) is 10.4. The van der Waals surface area contributed by atoms with Gasteiger partial charge in [-0.15, -0.1) is 0 Å². The van der Waals surface area contributed by atoms with Gasteiger partial charge in [-0.2, -0.15) is 13.2 Å². The van der Waals surface area contributed by atoms with Crippen molar-refractivity contribution in [3.8, 4) is 28.4 Å². The molecule has 10 heteroatoms. The molecule has 2 heterocycles. The first kappa shape index (κ1) is 26.6. The van der Waals surface area contributed by atoms with Gasteiger partial charge in [-0.05, 0) is 53.1 Å². The largest absolute Gasteiger partial charge is 0.489 e. The third kappa shape index (κ3) is 5.16. The Morgan fingerprint density at radius 1 is 0.951 bits per heavy atom. The first-order valence-electron chi connectivity index (χ1n) is 12.5. The molecule has 5 aromatic rings. The lowest BCUT2D eigenvalue weighted by atomic mass is 10.0. The molecule has 0 aliphatic carbocycles. The Hall–Kier alpha value is -4.63. The van der Waals surface area contributed by atoms with Crippen LogP contribution in [0.4, 0.5) is 13.2 Å². The van der Waals surface area contributed by atoms with Crippen LogP contribution in [0.2, 0.25) is 5.02 Å². The van der Waals surface area contributed by atoms with Crippen LogP contribution in [-0.4, -0.2) is 22.4 Å². The average Bonchev–Trinajstić information content (AvgIpc) is 3.54. The number of carboxylic acids is 1. The summed E-state index contributed by atoms with van der Waals surface area (Å²) in [6.45, 7) is 0.255. The molecule has 0 amide bonds. The Morgan fingerprint density at radius 3 is 2.34 bits per heavy atom. The number of aromatic nitrogens is 1. The average molecular weight is 580 g/mol. The molecule has 0 saturated carbocycles. The summed E-state index contributed by atoms with van der Waals surface area (Å²) in [5.74, 6) is 0.364. The SMILES string of the molecule is O=C(O)c1c(-c2ccccc2)c2cc(OCc3ccc(C(F)(F)F)cc3)ccc2n1Cc1cc2c(cc1Cl)OCO2. The van der Waals surface area contributed by atoms with E-state index in [2.05, 4.69) is 0 Å². The van der Waals surface area contributed by atoms with Crippen molar-refractivity contribution in [1.82, 2.24) is 4.57 Å². The summed E-state index contributed by atoms with van der Waals surface area (Å²) < 4.78 is 57.2. The van der Waals surface area contributed by atoms with Crippen molar-refractivity contribution in [2.24, 2.45) is 0 Å². The summed E-state index contributed by atoms with van der Waals surface area (Å²) >= 11 is 6.55. The van der Waals surface area contributed by atoms with Crippen molar-refractivity contribution in [2.45, 2.75) is 19.3 Å². The van der Waals surface area contributed by atoms with E-state index in [1.165, 1.54) is 12.1 Å². The maximum atomic E-state index is 12.9. The highest BCUT2D eigenvalue weighted by atomic mass is 35.5. The van der Waals surface area contributed by atoms with Crippen LogP contribution in [0.15, 0.2) is 84.9 Å². The normalized spacial score (nSPS) is 12.6. The lowest BCUT2D eigenvalue weighted by Crippen LogP contribution is -2.11. The Bertz CT molecular complexity index is 1770. The van der Waals surface area contributed by atoms with E-state index in [1.54, 1.807) is 34.9 Å². The molecule has 208 valence electrons. The molecule has 6 nitrogen and oxygen atoms in total. The van der Waals surface area contributed by atoms with Gasteiger partial charge in [0.25, 0.3) is 0 Å². The van der Waals surface area contributed by atoms with Crippen LogP contribution in [0.25, 0.3) is 22.0 Å². The van der Waals surface area contributed by atoms with Gasteiger partial charge in [0, 0.05) is 27.6 Å². The highest BCUT2D eigenvalue weighted by Crippen LogP contribution is 2.41. The molecule has 0 saturated heterocycles. The molecule has 0 bridgehead atoms. The second-order valence-corrected chi connectivity index (χ2v) is 9.85. The molecule has 0 atom stereocenters. The van der Waals surface area contributed by atoms with Crippen LogP contribution in [0.1, 0.15) is 27.2 Å². The summed E-state index contributed by atoms with van der Waals surface area (Å²) in [6.07, 6.45) is -4.42. The van der Waals surface area contributed by atoms with Crippen LogP contribution < -0.4 is 14.2 Å². The maximum Gasteiger partial charge on any atom is 0.416 e. The molecular formula is C31H21ClF3NO5. The number of halogens is 4. The minimum Gasteiger partial charge on any atom is -0.489 e. The van der Waals surface area contributed by atoms with Gasteiger partial charge in [0.1, 0.15) is 18.1 Å². The van der Waals surface area contributed by atoms with Gasteiger partial charge < -0.3 is 23.9 Å². The molecule has 1 aromatic heterocycles. The van der Waals surface area contributed by atoms with E-state index < -0.39 is 17.7 Å². The summed E-state index contributed by atoms with van der Waals surface area (Å²) in [7, 11) is 0. The van der Waals surface area contributed by atoms with Crippen LogP contribution in [0, 0.1) is 0 Å². The predicted octanol–water partition coefficient (Wildman–Crippen LogP) is 8.03. The Balaban J connectivity index is 1.42. The van der Waals surface area contributed by atoms with E-state index in [9.17, 15) is 23.1 Å². The van der Waals surface area contributed by atoms with Crippen LogP contribution >= 0.6 is 11.6 Å². The first-order chi connectivity index (χ1) is 19.7. The smallest absolute Gasteiger partial charge is 0.416 e. The monoisotopic (exact) mass is 579 g/mol. The molecule has 4 aromatic carbocycles. The van der Waals surface area contributed by atoms with Gasteiger partial charge in [-0.1, -0.05) is 54.1 Å². The number of rotatable bonds is 7. The van der Waals surface area contributed by atoms with Gasteiger partial charge in [0.2, 0.25) is 6.79 Å². The van der Waals surface area contributed by atoms with Gasteiger partial charge in [0.15, 0.2) is 11.5 Å². The van der Waals surface area contributed by atoms with Crippen molar-refractivity contribution in [1.29, 1.82) is 0 Å². The van der Waals surface area contributed by atoms with E-state index in [1.807, 2.05) is 30.3 Å². The van der Waals surface area contributed by atoms with E-state index in [0.29, 0.717) is 55.4 Å². The summed E-state index contributed by atoms with van der Waals surface area (Å²) in [6, 6.07) is 22.5. The molecule has 0 spiro atoms. The van der Waals surface area contributed by atoms with E-state index in [0.717, 1.165) is 12.1 Å². The van der Waals surface area contributed by atoms with Crippen molar-refractivity contribution in [3.63, 3.8) is 0 Å². The fraction of sp³-hybridized carbons (Fsp3) is 0.129. The lowest BCUT2D eigenvalue weighted by Gasteiger charge is -2.12. The third-order valence-corrected chi connectivity index (χ3v) is 7.21. The number of alkyl halides is 3. The second-order valence-electron chi connectivity index (χ2n) is 9.44. The number of hydrogen-bond donors (Lipinski definition) is 1. The Morgan fingerprint density at radius 2 is 1.66 bits per heavy atom. The third-order valence-electron chi connectivity index (χ3n) is 6.86. The standard InChI is InChI=1S/C31H21ClF3NO5/c32-24-14-27-26(40-17-41-27)12-20(24)15-36-25-11-10-22(39-16-18-6-8-21(9-7-18)31(33,34)35)13-23(25)28(29(36)30(37)38)19-4-2-1-3-5-19/h1-14H,15-17H2,(H,37,38). The molecule has 0 unspecified atom stereocenters. The zero-order chi connectivity index (χ0) is 28.7. The minimum absolute atomic E-state index is 0.0314. The zero-order valence-electron chi connectivity index (χ0n) is 21.2. The molecule has 0 radical (unpaired) electrons. The van der Waals surface area contributed by atoms with Crippen LogP contribution in [0.3, 0.4) is 0 Å². The number of nitrogens with zero attached hydrogens (tertiary/aromatic N) is 1. The molecule has 41 heavy (non-hydrogen) atoms. The maximum absolute atomic E-state index is 12.9. The molecule has 1 N–H and O–H groups in total. The summed E-state index contributed by atoms with van der Waals surface area (Å²) in [4.78, 5) is 12.7. The van der Waals surface area contributed by atoms with Gasteiger partial charge >= 0.3 is 12.1 Å². The van der Waals surface area contributed by atoms with Gasteiger partial charge in [-0.3, -0.25) is 0 Å². The number of hydrogen-bond acceptors (Lipinski definition) is 4. The first-order valence-corrected chi connectivity index (χ1v) is 12.9. The van der Waals surface area contributed by atoms with Gasteiger partial charge in [-0.25, -0.2) is 4.79 Å². The van der Waals surface area contributed by atoms with Crippen LogP contribution in [-0.2, 0) is 19.3 Å². The quantitative estimate of drug-likeness (QED) is 0.211. The number of carbonyl (C=O) groups is 1. The molecule has 6 rings (SSSR count). The molecular weight excluding hydrogens is 559 g/mol. The number of carboxylic acid groups (broad SMARTS) is 1. The van der Waals surface area contributed by atoms with Crippen LogP contribution in [0.5, 0.6) is 17.2 Å². The molecule has 0 fully saturated rings. The minimum atomic E-state index is -4.42. The van der Waals surface area contributed by atoms with Crippen molar-refractivity contribution < 1.29 is 37.3 Å². The summed E-state index contributed by atoms with van der Waals surface area (Å²) in [5, 5.41) is 11.4. The number of ether oxygens (including phenoxy) is 3. The molecule has 1 aliphatic rings. The van der Waals surface area contributed by atoms with E-state index in [4.69, 9.17) is 25.8 Å². The Kier molecular flexibility index (Phi) is 6.75. The topological polar surface area (TPSA) is 69.9 Å². The highest BCUT2D eigenvalue weighted by molar-refractivity contribution is 6.31. The lowest BCUT2D eigenvalue weighted by molar-refractivity contribution is -0.137. The number of aromatic carboxylic acids is 1. The zero-order valence-corrected chi connectivity index (χ0v) is 22.0. The van der Waals surface area contributed by atoms with E-state index in [-0.39, 0.29) is 25.6 Å². The highest BCUT2D eigenvalue weighted by Gasteiger charge is 2.30. The molecule has 1 aliphatic heterocycles. The Labute approximate surface area is 237 Å². The fourth-order valence-electron chi connectivity index (χ4n) is 4.91. The number of benzene rings is 4. The van der Waals surface area contributed by atoms with Gasteiger partial charge in [0.05, 0.1) is 12.1 Å². The van der Waals surface area contributed by atoms with Crippen molar-refractivity contribution in [2.75, 3.05) is 6.79 Å². The predicted molar refractivity (Wildman–Crippen MR) is 147 cm³/mol. The fourth-order valence-corrected chi connectivity index (χ4v) is 5.13. The number of fused-ring (bicyclic) bond motifs is 2. The van der Waals surface area contributed by atoms with Crippen molar-refractivity contribution in [3.05, 3.63) is 112 Å². The van der Waals surface area contributed by atoms with E-state index >= 15 is 0 Å². The van der Waals surface area contributed by atoms with Crippen molar-refractivity contribution >= 4 is 28.5 Å².